The quantitative estimate of drug-likeness (QED) is 0.552. The Morgan fingerprint density at radius 1 is 1.00 bits per heavy atom. The maximum Gasteiger partial charge on any atom is 0.303 e. The SMILES string of the molecule is O=C(O)CCCCCCC1C2CCC(O2)C1CNS(=O)(=O)C1CC1. The van der Waals surface area contributed by atoms with Gasteiger partial charge in [-0.15, -0.1) is 0 Å². The second kappa shape index (κ2) is 7.70. The molecule has 138 valence electrons. The molecule has 0 spiro atoms. The lowest BCUT2D eigenvalue weighted by Gasteiger charge is -2.28. The molecule has 0 aromatic heterocycles. The van der Waals surface area contributed by atoms with Crippen molar-refractivity contribution in [1.29, 1.82) is 0 Å². The number of unbranched alkanes of at least 4 members (excludes halogenated alkanes) is 3. The predicted molar refractivity (Wildman–Crippen MR) is 90.2 cm³/mol. The summed E-state index contributed by atoms with van der Waals surface area (Å²) in [6.45, 7) is 0.518. The van der Waals surface area contributed by atoms with Gasteiger partial charge in [0.15, 0.2) is 0 Å². The van der Waals surface area contributed by atoms with Gasteiger partial charge in [0.25, 0.3) is 0 Å². The number of carbonyl (C=O) groups is 1. The van der Waals surface area contributed by atoms with Gasteiger partial charge in [0.2, 0.25) is 10.0 Å². The molecule has 0 aromatic rings. The standard InChI is InChI=1S/C17H29NO5S/c19-17(20)6-4-2-1-3-5-13-14(16-10-9-15(13)23-16)11-18-24(21,22)12-7-8-12/h12-16,18H,1-11H2,(H,19,20). The summed E-state index contributed by atoms with van der Waals surface area (Å²) in [7, 11) is -3.12. The van der Waals surface area contributed by atoms with Crippen LogP contribution >= 0.6 is 0 Å². The number of carboxylic acid groups (broad SMARTS) is 1. The van der Waals surface area contributed by atoms with Gasteiger partial charge in [0.05, 0.1) is 17.5 Å². The number of nitrogens with one attached hydrogen (secondary N) is 1. The van der Waals surface area contributed by atoms with E-state index in [-0.39, 0.29) is 17.8 Å². The first-order chi connectivity index (χ1) is 11.5. The van der Waals surface area contributed by atoms with Gasteiger partial charge in [-0.1, -0.05) is 19.3 Å². The number of rotatable bonds is 11. The van der Waals surface area contributed by atoms with E-state index in [1.165, 1.54) is 0 Å². The fraction of sp³-hybridized carbons (Fsp3) is 0.941. The van der Waals surface area contributed by atoms with Crippen molar-refractivity contribution in [3.05, 3.63) is 0 Å². The van der Waals surface area contributed by atoms with Crippen molar-refractivity contribution in [2.24, 2.45) is 11.8 Å². The number of fused-ring (bicyclic) bond motifs is 2. The molecular formula is C17H29NO5S. The first-order valence-corrected chi connectivity index (χ1v) is 10.9. The molecule has 1 aliphatic carbocycles. The predicted octanol–water partition coefficient (Wildman–Crippen LogP) is 2.29. The summed E-state index contributed by atoms with van der Waals surface area (Å²) in [6, 6.07) is 0. The molecule has 2 N–H and O–H groups in total. The lowest BCUT2D eigenvalue weighted by Crippen LogP contribution is -2.39. The van der Waals surface area contributed by atoms with Crippen LogP contribution < -0.4 is 4.72 Å². The Morgan fingerprint density at radius 2 is 1.67 bits per heavy atom. The van der Waals surface area contributed by atoms with Crippen LogP contribution in [0.5, 0.6) is 0 Å². The van der Waals surface area contributed by atoms with Crippen molar-refractivity contribution in [3.8, 4) is 0 Å². The van der Waals surface area contributed by atoms with Gasteiger partial charge < -0.3 is 9.84 Å². The first-order valence-electron chi connectivity index (χ1n) is 9.33. The van der Waals surface area contributed by atoms with Gasteiger partial charge in [0.1, 0.15) is 0 Å². The molecule has 4 unspecified atom stereocenters. The third-order valence-electron chi connectivity index (χ3n) is 5.75. The highest BCUT2D eigenvalue weighted by Gasteiger charge is 2.48. The van der Waals surface area contributed by atoms with E-state index in [0.717, 1.165) is 57.8 Å². The minimum absolute atomic E-state index is 0.162. The largest absolute Gasteiger partial charge is 0.481 e. The number of sulfonamides is 1. The zero-order valence-corrected chi connectivity index (χ0v) is 15.0. The minimum Gasteiger partial charge on any atom is -0.481 e. The summed E-state index contributed by atoms with van der Waals surface area (Å²) in [6.07, 6.45) is 9.37. The van der Waals surface area contributed by atoms with Crippen LogP contribution in [0.2, 0.25) is 0 Å². The van der Waals surface area contributed by atoms with Gasteiger partial charge in [-0.2, -0.15) is 0 Å². The smallest absolute Gasteiger partial charge is 0.303 e. The van der Waals surface area contributed by atoms with E-state index in [9.17, 15) is 13.2 Å². The van der Waals surface area contributed by atoms with E-state index < -0.39 is 16.0 Å². The Hall–Kier alpha value is -0.660. The van der Waals surface area contributed by atoms with Crippen molar-refractivity contribution in [2.75, 3.05) is 6.54 Å². The van der Waals surface area contributed by atoms with Crippen LogP contribution in [0.4, 0.5) is 0 Å². The highest BCUT2D eigenvalue weighted by molar-refractivity contribution is 7.90. The van der Waals surface area contributed by atoms with Crippen LogP contribution in [0.25, 0.3) is 0 Å². The summed E-state index contributed by atoms with van der Waals surface area (Å²) < 4.78 is 33.0. The Bertz CT molecular complexity index is 545. The summed E-state index contributed by atoms with van der Waals surface area (Å²) in [5.41, 5.74) is 0. The topological polar surface area (TPSA) is 92.7 Å². The molecule has 7 heteroatoms. The second-order valence-corrected chi connectivity index (χ2v) is 9.60. The molecule has 3 rings (SSSR count). The van der Waals surface area contributed by atoms with E-state index in [4.69, 9.17) is 9.84 Å². The molecule has 2 aliphatic heterocycles. The molecule has 0 aromatic carbocycles. The molecule has 2 heterocycles. The fourth-order valence-corrected chi connectivity index (χ4v) is 5.69. The minimum atomic E-state index is -3.12. The third-order valence-corrected chi connectivity index (χ3v) is 7.67. The normalized spacial score (nSPS) is 32.3. The van der Waals surface area contributed by atoms with Crippen molar-refractivity contribution in [3.63, 3.8) is 0 Å². The van der Waals surface area contributed by atoms with Crippen LogP contribution in [0.3, 0.4) is 0 Å². The van der Waals surface area contributed by atoms with Gasteiger partial charge in [-0.05, 0) is 44.4 Å². The van der Waals surface area contributed by atoms with Crippen molar-refractivity contribution < 1.29 is 23.1 Å². The zero-order valence-electron chi connectivity index (χ0n) is 14.2. The Labute approximate surface area is 144 Å². The van der Waals surface area contributed by atoms with Crippen LogP contribution in [0.1, 0.15) is 64.2 Å². The fourth-order valence-electron chi connectivity index (χ4n) is 4.27. The maximum absolute atomic E-state index is 12.0. The number of ether oxygens (including phenoxy) is 1. The molecule has 24 heavy (non-hydrogen) atoms. The Morgan fingerprint density at radius 3 is 2.33 bits per heavy atom. The number of aliphatic carboxylic acids is 1. The Kier molecular flexibility index (Phi) is 5.82. The van der Waals surface area contributed by atoms with Gasteiger partial charge >= 0.3 is 5.97 Å². The lowest BCUT2D eigenvalue weighted by molar-refractivity contribution is -0.137. The monoisotopic (exact) mass is 359 g/mol. The van der Waals surface area contributed by atoms with Crippen molar-refractivity contribution >= 4 is 16.0 Å². The maximum atomic E-state index is 12.0. The summed E-state index contributed by atoms with van der Waals surface area (Å²) in [4.78, 5) is 10.5. The molecular weight excluding hydrogens is 330 g/mol. The van der Waals surface area contributed by atoms with E-state index in [1.54, 1.807) is 0 Å². The molecule has 0 radical (unpaired) electrons. The van der Waals surface area contributed by atoms with E-state index in [2.05, 4.69) is 4.72 Å². The summed E-state index contributed by atoms with van der Waals surface area (Å²) in [5.74, 6) is 0.0286. The average molecular weight is 359 g/mol. The molecule has 3 fully saturated rings. The van der Waals surface area contributed by atoms with Crippen LogP contribution in [0, 0.1) is 11.8 Å². The van der Waals surface area contributed by atoms with Gasteiger partial charge in [0, 0.05) is 18.9 Å². The van der Waals surface area contributed by atoms with E-state index >= 15 is 0 Å². The molecule has 4 atom stereocenters. The van der Waals surface area contributed by atoms with E-state index in [1.807, 2.05) is 0 Å². The molecule has 6 nitrogen and oxygen atoms in total. The van der Waals surface area contributed by atoms with E-state index in [0.29, 0.717) is 24.5 Å². The van der Waals surface area contributed by atoms with Gasteiger partial charge in [-0.25, -0.2) is 13.1 Å². The first kappa shape index (κ1) is 18.1. The summed E-state index contributed by atoms with van der Waals surface area (Å²) >= 11 is 0. The Balaban J connectivity index is 1.42. The zero-order chi connectivity index (χ0) is 17.2. The molecule has 1 saturated carbocycles. The lowest BCUT2D eigenvalue weighted by atomic mass is 9.76. The highest BCUT2D eigenvalue weighted by Crippen LogP contribution is 2.45. The average Bonchev–Trinajstić information content (AvgIpc) is 3.22. The van der Waals surface area contributed by atoms with Crippen LogP contribution in [-0.2, 0) is 19.6 Å². The number of carboxylic acids is 1. The number of hydrogen-bond acceptors (Lipinski definition) is 4. The molecule has 2 bridgehead atoms. The molecule has 0 amide bonds. The summed E-state index contributed by atoms with van der Waals surface area (Å²) in [5, 5.41) is 8.48. The van der Waals surface area contributed by atoms with Crippen LogP contribution in [0.15, 0.2) is 0 Å². The third kappa shape index (κ3) is 4.49. The van der Waals surface area contributed by atoms with Gasteiger partial charge in [-0.3, -0.25) is 4.79 Å². The highest BCUT2D eigenvalue weighted by atomic mass is 32.2. The molecule has 2 saturated heterocycles. The second-order valence-electron chi connectivity index (χ2n) is 7.56. The molecule has 3 aliphatic rings. The van der Waals surface area contributed by atoms with Crippen molar-refractivity contribution in [1.82, 2.24) is 4.72 Å². The number of hydrogen-bond donors (Lipinski definition) is 2. The van der Waals surface area contributed by atoms with Crippen LogP contribution in [-0.4, -0.2) is 43.5 Å². The van der Waals surface area contributed by atoms with Crippen molar-refractivity contribution in [2.45, 2.75) is 81.7 Å².